The number of nitrogens with two attached hydrogens (primary N) is 2. The molecule has 59 heavy (non-hydrogen) atoms. The van der Waals surface area contributed by atoms with Crippen LogP contribution in [0.3, 0.4) is 0 Å². The van der Waals surface area contributed by atoms with E-state index in [4.69, 9.17) is 15.9 Å². The van der Waals surface area contributed by atoms with Crippen LogP contribution in [0.4, 0.5) is 0 Å². The monoisotopic (exact) mass is 772 g/mol. The molecule has 0 radical (unpaired) electrons. The number of hydrogen-bond acceptors (Lipinski definition) is 3. The van der Waals surface area contributed by atoms with Gasteiger partial charge in [0.1, 0.15) is 11.3 Å². The molecule has 0 saturated heterocycles. The van der Waals surface area contributed by atoms with E-state index in [1.54, 1.807) is 6.20 Å². The largest absolute Gasteiger partial charge is 0.456 e. The van der Waals surface area contributed by atoms with Gasteiger partial charge in [-0.2, -0.15) is 0 Å². The van der Waals surface area contributed by atoms with E-state index < -0.39 is 0 Å². The fraction of sp³-hybridized carbons (Fsp3) is 0.0714. The summed E-state index contributed by atoms with van der Waals surface area (Å²) in [4.78, 5) is 0. The third kappa shape index (κ3) is 13.7. The van der Waals surface area contributed by atoms with Crippen LogP contribution in [0.5, 0.6) is 0 Å². The Kier molecular flexibility index (Phi) is 18.8. The maximum absolute atomic E-state index is 6.18. The van der Waals surface area contributed by atoms with Crippen molar-refractivity contribution >= 4 is 40.5 Å². The summed E-state index contributed by atoms with van der Waals surface area (Å²) in [5, 5.41) is 3.44. The number of para-hydroxylation sites is 1. The molecule has 0 aliphatic heterocycles. The van der Waals surface area contributed by atoms with Gasteiger partial charge in [-0.1, -0.05) is 233 Å². The molecule has 2 aliphatic rings. The molecular formula is C56H56N2O. The van der Waals surface area contributed by atoms with Crippen LogP contribution < -0.4 is 21.9 Å². The number of hydrogen-bond donors (Lipinski definition) is 2. The molecule has 4 aromatic rings. The summed E-state index contributed by atoms with van der Waals surface area (Å²) < 4.78 is 6.06. The normalized spacial score (nSPS) is 21.8. The van der Waals surface area contributed by atoms with Gasteiger partial charge in [-0.25, -0.2) is 0 Å². The molecule has 3 aromatic carbocycles. The van der Waals surface area contributed by atoms with Gasteiger partial charge in [-0.3, -0.25) is 0 Å². The van der Waals surface area contributed by atoms with Crippen LogP contribution in [0.25, 0.3) is 40.5 Å². The Morgan fingerprint density at radius 1 is 0.695 bits per heavy atom. The Labute approximate surface area is 351 Å². The van der Waals surface area contributed by atoms with Crippen LogP contribution in [-0.4, -0.2) is 0 Å². The van der Waals surface area contributed by atoms with Gasteiger partial charge < -0.3 is 15.9 Å². The highest BCUT2D eigenvalue weighted by Gasteiger charge is 2.09. The fourth-order valence-corrected chi connectivity index (χ4v) is 6.12. The number of furan rings is 1. The van der Waals surface area contributed by atoms with Crippen molar-refractivity contribution in [3.8, 4) is 0 Å². The first kappa shape index (κ1) is 44.4. The third-order valence-corrected chi connectivity index (χ3v) is 9.03. The first-order valence-electron chi connectivity index (χ1n) is 20.0. The maximum Gasteiger partial charge on any atom is 0.135 e. The number of rotatable bonds is 8. The quantitative estimate of drug-likeness (QED) is 0.175. The van der Waals surface area contributed by atoms with Crippen molar-refractivity contribution in [2.24, 2.45) is 11.5 Å². The minimum Gasteiger partial charge on any atom is -0.456 e. The lowest BCUT2D eigenvalue weighted by atomic mass is 10.0. The van der Waals surface area contributed by atoms with Crippen LogP contribution in [0.1, 0.15) is 44.1 Å². The fourth-order valence-electron chi connectivity index (χ4n) is 6.12. The van der Waals surface area contributed by atoms with Gasteiger partial charge in [0.05, 0.1) is 0 Å². The summed E-state index contributed by atoms with van der Waals surface area (Å²) in [7, 11) is 0. The van der Waals surface area contributed by atoms with Crippen LogP contribution in [-0.2, 0) is 0 Å². The minimum atomic E-state index is 0.735. The van der Waals surface area contributed by atoms with Crippen molar-refractivity contribution in [1.29, 1.82) is 0 Å². The van der Waals surface area contributed by atoms with E-state index in [0.717, 1.165) is 62.3 Å². The maximum atomic E-state index is 6.18. The summed E-state index contributed by atoms with van der Waals surface area (Å²) in [5.74, 6) is 0.833. The van der Waals surface area contributed by atoms with Crippen molar-refractivity contribution in [1.82, 2.24) is 0 Å². The molecule has 0 atom stereocenters. The Morgan fingerprint density at radius 2 is 1.41 bits per heavy atom. The van der Waals surface area contributed by atoms with E-state index in [0.29, 0.717) is 0 Å². The summed E-state index contributed by atoms with van der Waals surface area (Å²) >= 11 is 0. The summed E-state index contributed by atoms with van der Waals surface area (Å²) in [6.07, 6.45) is 48.9. The van der Waals surface area contributed by atoms with Gasteiger partial charge in [0, 0.05) is 16.6 Å². The van der Waals surface area contributed by atoms with Gasteiger partial charge in [0.15, 0.2) is 0 Å². The Hall–Kier alpha value is -7.36. The van der Waals surface area contributed by atoms with Crippen LogP contribution in [0.15, 0.2) is 246 Å². The Bertz CT molecular complexity index is 2580. The van der Waals surface area contributed by atoms with Crippen LogP contribution in [0.2, 0.25) is 0 Å². The topological polar surface area (TPSA) is 65.2 Å². The number of allylic oxidation sites excluding steroid dienone is 24. The molecule has 2 aliphatic carbocycles. The molecule has 1 aromatic heterocycles. The first-order chi connectivity index (χ1) is 29.0. The minimum absolute atomic E-state index is 0.735. The van der Waals surface area contributed by atoms with E-state index >= 15 is 0 Å². The molecule has 0 fully saturated rings. The van der Waals surface area contributed by atoms with E-state index in [1.807, 2.05) is 154 Å². The summed E-state index contributed by atoms with van der Waals surface area (Å²) in [5.41, 5.74) is 21.1. The molecule has 0 bridgehead atoms. The van der Waals surface area contributed by atoms with E-state index in [2.05, 4.69) is 99.0 Å². The van der Waals surface area contributed by atoms with Gasteiger partial charge >= 0.3 is 0 Å². The van der Waals surface area contributed by atoms with Crippen LogP contribution >= 0.6 is 0 Å². The molecule has 6 rings (SSSR count). The second kappa shape index (κ2) is 25.0. The van der Waals surface area contributed by atoms with Crippen molar-refractivity contribution in [2.75, 3.05) is 0 Å². The summed E-state index contributed by atoms with van der Waals surface area (Å²) in [6, 6.07) is 26.4. The predicted molar refractivity (Wildman–Crippen MR) is 260 cm³/mol. The number of benzene rings is 3. The molecule has 0 unspecified atom stereocenters. The van der Waals surface area contributed by atoms with E-state index in [-0.39, 0.29) is 0 Å². The van der Waals surface area contributed by atoms with Gasteiger partial charge in [-0.05, 0) is 76.1 Å². The zero-order valence-corrected chi connectivity index (χ0v) is 34.5. The second-order valence-electron chi connectivity index (χ2n) is 13.0. The van der Waals surface area contributed by atoms with E-state index in [1.165, 1.54) is 16.0 Å². The highest BCUT2D eigenvalue weighted by atomic mass is 16.3. The highest BCUT2D eigenvalue weighted by molar-refractivity contribution is 5.91. The second-order valence-corrected chi connectivity index (χ2v) is 13.0. The SMILES string of the molecule is C=CC1=C/C=C/C=C(C)\C=C/C=c2\cccc\c2=C\1C=C.CC.N\C=C/C(=C\C=C\C/C=C(\N)c1ccccc1)C1=C/C=C/C=C/c2c(oc3ccccc23)/C=C/C=C\1. The molecule has 4 N–H and O–H groups in total. The lowest BCUT2D eigenvalue weighted by molar-refractivity contribution is 0.603. The molecule has 0 spiro atoms. The molecule has 0 saturated carbocycles. The zero-order valence-electron chi connectivity index (χ0n) is 34.5. The van der Waals surface area contributed by atoms with Crippen molar-refractivity contribution in [3.63, 3.8) is 0 Å². The van der Waals surface area contributed by atoms with E-state index in [9.17, 15) is 0 Å². The average molecular weight is 773 g/mol. The van der Waals surface area contributed by atoms with Gasteiger partial charge in [-0.15, -0.1) is 0 Å². The molecular weight excluding hydrogens is 717 g/mol. The highest BCUT2D eigenvalue weighted by Crippen LogP contribution is 2.28. The first-order valence-corrected chi connectivity index (χ1v) is 20.0. The smallest absolute Gasteiger partial charge is 0.135 e. The predicted octanol–water partition coefficient (Wildman–Crippen LogP) is 12.9. The molecule has 1 heterocycles. The Balaban J connectivity index is 0.000000284. The lowest BCUT2D eigenvalue weighted by Crippen LogP contribution is -2.26. The van der Waals surface area contributed by atoms with Gasteiger partial charge in [0.25, 0.3) is 0 Å². The molecule has 296 valence electrons. The Morgan fingerprint density at radius 3 is 2.20 bits per heavy atom. The van der Waals surface area contributed by atoms with Crippen molar-refractivity contribution in [2.45, 2.75) is 27.2 Å². The molecule has 0 amide bonds. The third-order valence-electron chi connectivity index (χ3n) is 9.03. The van der Waals surface area contributed by atoms with Crippen molar-refractivity contribution < 1.29 is 4.42 Å². The van der Waals surface area contributed by atoms with Crippen LogP contribution in [0, 0.1) is 0 Å². The lowest BCUT2D eigenvalue weighted by Gasteiger charge is -2.04. The molecule has 3 heteroatoms. The zero-order chi connectivity index (χ0) is 42.1. The standard InChI is InChI=1S/C33H30N2O.C21H20.C2H6/c34-25-24-27(15-5-3-9-21-31(35)28-17-6-1-7-18-28)26-14-4-2-8-19-29-30-20-11-13-23-33(30)36-32(29)22-12-10-16-26;1-4-18-13-7-6-11-17(3)12-10-15-19-14-8-9-16-21(19)20(18)5-2;1-2/h1-8,10-25H,9,34-35H2;4-16H,1-2H2,3H3;1-2H3/b4-2+,5-3+,8-2?,12-10?,14-4?,16-10-,19-8+,22-12+,25-24-,26-14+,26-16?,27-15+,29-19?,31-21-,32-22?;7-6+,11-6?,12-10-,13-7?,15-10?,17-11-,17-12?,18-13-,19-15+,20-18?,21-20-;. The number of fused-ring (bicyclic) bond motifs is 4. The van der Waals surface area contributed by atoms with Crippen molar-refractivity contribution in [3.05, 3.63) is 269 Å². The molecule has 3 nitrogen and oxygen atoms in total. The summed E-state index contributed by atoms with van der Waals surface area (Å²) in [6.45, 7) is 14.0. The average Bonchev–Trinajstić information content (AvgIpc) is 3.62. The van der Waals surface area contributed by atoms with Gasteiger partial charge in [0.2, 0.25) is 0 Å².